The number of carbonyl (C=O) groups excluding carboxylic acids is 1. The number of pyridine rings is 1. The van der Waals surface area contributed by atoms with Gasteiger partial charge in [0.1, 0.15) is 16.4 Å². The van der Waals surface area contributed by atoms with E-state index in [0.717, 1.165) is 11.3 Å². The molecule has 1 aromatic carbocycles. The van der Waals surface area contributed by atoms with Gasteiger partial charge in [0.05, 0.1) is 17.1 Å². The molecule has 0 saturated carbocycles. The third-order valence-corrected chi connectivity index (χ3v) is 5.74. The van der Waals surface area contributed by atoms with Crippen LogP contribution in [0.4, 0.5) is 5.82 Å². The zero-order valence-corrected chi connectivity index (χ0v) is 18.0. The van der Waals surface area contributed by atoms with Crippen molar-refractivity contribution in [2.24, 2.45) is 4.99 Å². The number of hydrogen-bond donors (Lipinski definition) is 1. The molecule has 0 saturated heterocycles. The Hall–Kier alpha value is -3.69. The molecule has 3 aromatic heterocycles. The lowest BCUT2D eigenvalue weighted by Gasteiger charge is -2.07. The van der Waals surface area contributed by atoms with Crippen LogP contribution in [0.15, 0.2) is 82.2 Å². The highest BCUT2D eigenvalue weighted by atomic mass is 35.5. The van der Waals surface area contributed by atoms with Gasteiger partial charge in [-0.05, 0) is 24.3 Å². The van der Waals surface area contributed by atoms with Crippen LogP contribution in [0.2, 0.25) is 5.02 Å². The molecule has 156 valence electrons. The Morgan fingerprint density at radius 2 is 1.91 bits per heavy atom. The minimum absolute atomic E-state index is 0.0151. The quantitative estimate of drug-likeness (QED) is 0.434. The second kappa shape index (κ2) is 8.81. The number of rotatable bonds is 4. The van der Waals surface area contributed by atoms with Crippen LogP contribution in [-0.2, 0) is 6.54 Å². The molecule has 10 heteroatoms. The first-order chi connectivity index (χ1) is 15.7. The number of aromatic nitrogens is 5. The fourth-order valence-electron chi connectivity index (χ4n) is 3.04. The summed E-state index contributed by atoms with van der Waals surface area (Å²) in [5, 5.41) is 4.02. The van der Waals surface area contributed by atoms with E-state index >= 15 is 0 Å². The van der Waals surface area contributed by atoms with Gasteiger partial charge in [-0.15, -0.1) is 0 Å². The summed E-state index contributed by atoms with van der Waals surface area (Å²) in [5.41, 5.74) is 2.69. The molecule has 0 aliphatic carbocycles. The van der Waals surface area contributed by atoms with Crippen molar-refractivity contribution in [2.45, 2.75) is 16.5 Å². The molecule has 4 aromatic rings. The summed E-state index contributed by atoms with van der Waals surface area (Å²) in [6.07, 6.45) is 6.47. The molecule has 0 bridgehead atoms. The molecule has 0 fully saturated rings. The number of carbonyl (C=O) groups is 1. The van der Waals surface area contributed by atoms with Crippen LogP contribution >= 0.6 is 23.4 Å². The van der Waals surface area contributed by atoms with E-state index in [1.165, 1.54) is 11.8 Å². The third kappa shape index (κ3) is 4.20. The number of hydrogen-bond acceptors (Lipinski definition) is 8. The second-order valence-corrected chi connectivity index (χ2v) is 8.14. The van der Waals surface area contributed by atoms with Gasteiger partial charge < -0.3 is 5.32 Å². The van der Waals surface area contributed by atoms with Gasteiger partial charge >= 0.3 is 0 Å². The van der Waals surface area contributed by atoms with E-state index in [1.807, 2.05) is 30.3 Å². The van der Waals surface area contributed by atoms with E-state index in [0.29, 0.717) is 32.2 Å². The van der Waals surface area contributed by atoms with E-state index in [1.54, 1.807) is 36.9 Å². The zero-order chi connectivity index (χ0) is 21.9. The average molecular weight is 460 g/mol. The van der Waals surface area contributed by atoms with Crippen LogP contribution in [-0.4, -0.2) is 36.5 Å². The van der Waals surface area contributed by atoms with Gasteiger partial charge in [-0.3, -0.25) is 14.8 Å². The number of nitrogens with one attached hydrogen (secondary N) is 1. The Bertz CT molecular complexity index is 1350. The minimum Gasteiger partial charge on any atom is -0.344 e. The molecule has 5 rings (SSSR count). The van der Waals surface area contributed by atoms with Crippen LogP contribution in [0.25, 0.3) is 0 Å². The van der Waals surface area contributed by atoms with Crippen molar-refractivity contribution in [3.63, 3.8) is 0 Å². The van der Waals surface area contributed by atoms with E-state index in [2.05, 4.69) is 30.2 Å². The zero-order valence-electron chi connectivity index (χ0n) is 16.4. The van der Waals surface area contributed by atoms with Crippen LogP contribution in [0.1, 0.15) is 27.6 Å². The van der Waals surface area contributed by atoms with Crippen molar-refractivity contribution in [3.05, 3.63) is 95.1 Å². The maximum atomic E-state index is 12.6. The Kier molecular flexibility index (Phi) is 5.57. The average Bonchev–Trinajstić information content (AvgIpc) is 2.99. The molecule has 1 amide bonds. The predicted molar refractivity (Wildman–Crippen MR) is 120 cm³/mol. The highest BCUT2D eigenvalue weighted by molar-refractivity contribution is 7.99. The van der Waals surface area contributed by atoms with E-state index in [9.17, 15) is 4.79 Å². The molecule has 32 heavy (non-hydrogen) atoms. The largest absolute Gasteiger partial charge is 0.344 e. The number of amides is 1. The van der Waals surface area contributed by atoms with Gasteiger partial charge in [-0.25, -0.2) is 19.9 Å². The van der Waals surface area contributed by atoms with Gasteiger partial charge in [-0.2, -0.15) is 0 Å². The van der Waals surface area contributed by atoms with Crippen molar-refractivity contribution in [1.82, 2.24) is 30.2 Å². The van der Waals surface area contributed by atoms with Crippen molar-refractivity contribution in [1.29, 1.82) is 0 Å². The highest BCUT2D eigenvalue weighted by Crippen LogP contribution is 2.38. The Morgan fingerprint density at radius 3 is 2.75 bits per heavy atom. The molecular weight excluding hydrogens is 446 g/mol. The van der Waals surface area contributed by atoms with Crippen molar-refractivity contribution in [2.75, 3.05) is 0 Å². The van der Waals surface area contributed by atoms with Crippen molar-refractivity contribution < 1.29 is 4.79 Å². The monoisotopic (exact) mass is 459 g/mol. The van der Waals surface area contributed by atoms with Crippen LogP contribution in [0, 0.1) is 0 Å². The van der Waals surface area contributed by atoms with Gasteiger partial charge in [0, 0.05) is 35.4 Å². The summed E-state index contributed by atoms with van der Waals surface area (Å²) in [7, 11) is 0. The van der Waals surface area contributed by atoms with E-state index in [4.69, 9.17) is 16.6 Å². The summed E-state index contributed by atoms with van der Waals surface area (Å²) in [4.78, 5) is 39.8. The van der Waals surface area contributed by atoms with Gasteiger partial charge in [0.25, 0.3) is 5.91 Å². The molecule has 1 aliphatic heterocycles. The summed E-state index contributed by atoms with van der Waals surface area (Å²) < 4.78 is 0. The molecule has 0 spiro atoms. The maximum absolute atomic E-state index is 12.6. The van der Waals surface area contributed by atoms with E-state index in [-0.39, 0.29) is 12.4 Å². The maximum Gasteiger partial charge on any atom is 0.289 e. The lowest BCUT2D eigenvalue weighted by atomic mass is 10.1. The van der Waals surface area contributed by atoms with Crippen molar-refractivity contribution in [3.8, 4) is 0 Å². The predicted octanol–water partition coefficient (Wildman–Crippen LogP) is 3.88. The summed E-state index contributed by atoms with van der Waals surface area (Å²) in [5.74, 6) is -0.0370. The number of aliphatic imine (C=N–C) groups is 1. The molecule has 1 aliphatic rings. The molecular formula is C22H14ClN7OS. The van der Waals surface area contributed by atoms with Crippen LogP contribution < -0.4 is 5.32 Å². The fraction of sp³-hybridized carbons (Fsp3) is 0.0455. The molecule has 1 N–H and O–H groups in total. The van der Waals surface area contributed by atoms with Crippen molar-refractivity contribution >= 4 is 40.8 Å². The van der Waals surface area contributed by atoms with E-state index < -0.39 is 5.91 Å². The molecule has 0 radical (unpaired) electrons. The Morgan fingerprint density at radius 1 is 1.00 bits per heavy atom. The highest BCUT2D eigenvalue weighted by Gasteiger charge is 2.23. The Labute approximate surface area is 192 Å². The SMILES string of the molecule is O=C(NCc1ccccn1)c1ncc2c(n1)N=C(c1cccc(Cl)c1)c1nccnc1S2. The third-order valence-electron chi connectivity index (χ3n) is 4.51. The molecule has 0 unspecified atom stereocenters. The number of nitrogens with zero attached hydrogens (tertiary/aromatic N) is 6. The van der Waals surface area contributed by atoms with Gasteiger partial charge in [-0.1, -0.05) is 41.6 Å². The van der Waals surface area contributed by atoms with Gasteiger partial charge in [0.2, 0.25) is 5.82 Å². The number of fused-ring (bicyclic) bond motifs is 2. The number of benzene rings is 1. The first-order valence-corrected chi connectivity index (χ1v) is 10.8. The van der Waals surface area contributed by atoms with Gasteiger partial charge in [0.15, 0.2) is 5.82 Å². The Balaban J connectivity index is 1.52. The van der Waals surface area contributed by atoms with Crippen LogP contribution in [0.5, 0.6) is 0 Å². The summed E-state index contributed by atoms with van der Waals surface area (Å²) in [6.45, 7) is 0.269. The lowest BCUT2D eigenvalue weighted by molar-refractivity contribution is 0.0940. The topological polar surface area (TPSA) is 106 Å². The summed E-state index contributed by atoms with van der Waals surface area (Å²) >= 11 is 7.55. The first kappa shape index (κ1) is 20.2. The molecule has 0 atom stereocenters. The second-order valence-electron chi connectivity index (χ2n) is 6.67. The standard InChI is InChI=1S/C22H14ClN7OS/c23-14-5-3-4-13(10-14)17-18-22(26-9-8-25-18)32-16-12-27-20(30-19(16)29-17)21(31)28-11-15-6-1-2-7-24-15/h1-10,12H,11H2,(H,28,31). The fourth-order valence-corrected chi connectivity index (χ4v) is 4.08. The normalized spacial score (nSPS) is 12.2. The first-order valence-electron chi connectivity index (χ1n) is 9.56. The molecule has 8 nitrogen and oxygen atoms in total. The summed E-state index contributed by atoms with van der Waals surface area (Å²) in [6, 6.07) is 12.8. The van der Waals surface area contributed by atoms with Crippen LogP contribution in [0.3, 0.4) is 0 Å². The molecule has 4 heterocycles. The minimum atomic E-state index is -0.416. The lowest BCUT2D eigenvalue weighted by Crippen LogP contribution is -2.25. The smallest absolute Gasteiger partial charge is 0.289 e. The number of halogens is 1.